The summed E-state index contributed by atoms with van der Waals surface area (Å²) in [4.78, 5) is 22.4. The van der Waals surface area contributed by atoms with Crippen molar-refractivity contribution < 1.29 is 4.92 Å². The maximum atomic E-state index is 12.0. The first-order valence-corrected chi connectivity index (χ1v) is 9.64. The molecule has 1 aromatic carbocycles. The fourth-order valence-corrected chi connectivity index (χ4v) is 3.23. The molecule has 0 saturated carbocycles. The summed E-state index contributed by atoms with van der Waals surface area (Å²) in [6.45, 7) is 4.57. The van der Waals surface area contributed by atoms with Crippen LogP contribution in [0.1, 0.15) is 17.1 Å². The van der Waals surface area contributed by atoms with E-state index in [0.29, 0.717) is 30.5 Å². The van der Waals surface area contributed by atoms with Gasteiger partial charge in [0.05, 0.1) is 4.92 Å². The van der Waals surface area contributed by atoms with Crippen LogP contribution >= 0.6 is 0 Å². The van der Waals surface area contributed by atoms with Crippen molar-refractivity contribution in [3.8, 4) is 0 Å². The minimum Gasteiger partial charge on any atom is -0.348 e. The van der Waals surface area contributed by atoms with Crippen molar-refractivity contribution in [1.82, 2.24) is 25.5 Å². The molecule has 0 aliphatic carbocycles. The number of nitrogens with zero attached hydrogens (tertiary/aromatic N) is 5. The van der Waals surface area contributed by atoms with Crippen molar-refractivity contribution in [2.75, 3.05) is 36.4 Å². The van der Waals surface area contributed by atoms with E-state index in [1.54, 1.807) is 12.1 Å². The number of nitro groups is 1. The number of hydrogen-bond acceptors (Lipinski definition) is 8. The first-order chi connectivity index (χ1) is 14.6. The lowest BCUT2D eigenvalue weighted by Crippen LogP contribution is -2.44. The Morgan fingerprint density at radius 3 is 2.60 bits per heavy atom. The molecule has 3 N–H and O–H groups in total. The first kappa shape index (κ1) is 19.5. The molecule has 10 heteroatoms. The highest BCUT2D eigenvalue weighted by molar-refractivity contribution is 5.77. The van der Waals surface area contributed by atoms with E-state index in [1.807, 2.05) is 48.2 Å². The SMILES string of the molecule is Cc1cc(Nc2nc(C=Cc3ccccc3)nc(N3CCNCC3)c2[N+](=O)[O-])n[nH]1. The normalized spacial score (nSPS) is 14.2. The summed E-state index contributed by atoms with van der Waals surface area (Å²) in [6.07, 6.45) is 3.64. The summed E-state index contributed by atoms with van der Waals surface area (Å²) in [5.74, 6) is 1.26. The van der Waals surface area contributed by atoms with Crippen LogP contribution in [0, 0.1) is 17.0 Å². The molecule has 1 saturated heterocycles. The van der Waals surface area contributed by atoms with Crippen molar-refractivity contribution in [1.29, 1.82) is 0 Å². The van der Waals surface area contributed by atoms with Gasteiger partial charge in [-0.1, -0.05) is 36.4 Å². The lowest BCUT2D eigenvalue weighted by atomic mass is 10.2. The van der Waals surface area contributed by atoms with E-state index in [0.717, 1.165) is 24.3 Å². The number of nitrogens with one attached hydrogen (secondary N) is 3. The predicted molar refractivity (Wildman–Crippen MR) is 116 cm³/mol. The summed E-state index contributed by atoms with van der Waals surface area (Å²) in [7, 11) is 0. The second-order valence-corrected chi connectivity index (χ2v) is 6.90. The molecule has 1 aliphatic rings. The number of hydrogen-bond donors (Lipinski definition) is 3. The number of aromatic amines is 1. The minimum atomic E-state index is -0.441. The molecule has 154 valence electrons. The number of aryl methyl sites for hydroxylation is 1. The molecule has 1 aliphatic heterocycles. The van der Waals surface area contributed by atoms with Gasteiger partial charge in [-0.15, -0.1) is 0 Å². The fourth-order valence-electron chi connectivity index (χ4n) is 3.23. The molecule has 3 aromatic rings. The summed E-state index contributed by atoms with van der Waals surface area (Å²) < 4.78 is 0. The van der Waals surface area contributed by atoms with Crippen LogP contribution in [0.15, 0.2) is 36.4 Å². The van der Waals surface area contributed by atoms with Crippen molar-refractivity contribution in [2.24, 2.45) is 0 Å². The monoisotopic (exact) mass is 406 g/mol. The number of piperazine rings is 1. The van der Waals surface area contributed by atoms with Crippen LogP contribution < -0.4 is 15.5 Å². The molecule has 0 bridgehead atoms. The zero-order valence-corrected chi connectivity index (χ0v) is 16.5. The molecule has 0 atom stereocenters. The van der Waals surface area contributed by atoms with Crippen LogP contribution in [-0.4, -0.2) is 51.3 Å². The van der Waals surface area contributed by atoms with Gasteiger partial charge in [0.1, 0.15) is 0 Å². The third-order valence-corrected chi connectivity index (χ3v) is 4.66. The van der Waals surface area contributed by atoms with Crippen LogP contribution in [0.2, 0.25) is 0 Å². The Morgan fingerprint density at radius 2 is 1.93 bits per heavy atom. The van der Waals surface area contributed by atoms with Crippen molar-refractivity contribution in [3.63, 3.8) is 0 Å². The standard InChI is InChI=1S/C20H22N8O2/c1-14-13-17(26-25-14)23-19-18(28(29)30)20(27-11-9-21-10-12-27)24-16(22-19)8-7-15-5-3-2-4-6-15/h2-8,13,21H,9-12H2,1H3,(H2,22,23,24,25,26). The van der Waals surface area contributed by atoms with Gasteiger partial charge in [0, 0.05) is 37.9 Å². The molecule has 4 rings (SSSR count). The molecule has 3 heterocycles. The minimum absolute atomic E-state index is 0.114. The highest BCUT2D eigenvalue weighted by Gasteiger charge is 2.29. The van der Waals surface area contributed by atoms with Gasteiger partial charge >= 0.3 is 5.69 Å². The van der Waals surface area contributed by atoms with Gasteiger partial charge in [-0.25, -0.2) is 9.97 Å². The molecule has 10 nitrogen and oxygen atoms in total. The Bertz CT molecular complexity index is 1060. The van der Waals surface area contributed by atoms with Gasteiger partial charge in [-0.2, -0.15) is 5.10 Å². The Morgan fingerprint density at radius 1 is 1.17 bits per heavy atom. The average molecular weight is 406 g/mol. The highest BCUT2D eigenvalue weighted by atomic mass is 16.6. The van der Waals surface area contributed by atoms with E-state index in [2.05, 4.69) is 30.8 Å². The van der Waals surface area contributed by atoms with E-state index >= 15 is 0 Å². The lowest BCUT2D eigenvalue weighted by Gasteiger charge is -2.28. The molecule has 0 spiro atoms. The van der Waals surface area contributed by atoms with Gasteiger partial charge in [-0.05, 0) is 18.6 Å². The zero-order valence-electron chi connectivity index (χ0n) is 16.5. The second-order valence-electron chi connectivity index (χ2n) is 6.90. The summed E-state index contributed by atoms with van der Waals surface area (Å²) in [5.41, 5.74) is 1.66. The van der Waals surface area contributed by atoms with Crippen LogP contribution in [0.25, 0.3) is 12.2 Å². The van der Waals surface area contributed by atoms with Gasteiger partial charge in [0.25, 0.3) is 0 Å². The van der Waals surface area contributed by atoms with E-state index in [9.17, 15) is 10.1 Å². The molecule has 0 amide bonds. The van der Waals surface area contributed by atoms with E-state index in [4.69, 9.17) is 0 Å². The van der Waals surface area contributed by atoms with Crippen LogP contribution in [0.5, 0.6) is 0 Å². The van der Waals surface area contributed by atoms with Crippen LogP contribution in [-0.2, 0) is 0 Å². The van der Waals surface area contributed by atoms with Crippen molar-refractivity contribution in [2.45, 2.75) is 6.92 Å². The van der Waals surface area contributed by atoms with Crippen molar-refractivity contribution >= 4 is 35.3 Å². The summed E-state index contributed by atoms with van der Waals surface area (Å²) in [6, 6.07) is 11.5. The number of benzene rings is 1. The van der Waals surface area contributed by atoms with Gasteiger partial charge in [-0.3, -0.25) is 15.2 Å². The topological polar surface area (TPSA) is 125 Å². The number of rotatable bonds is 6. The lowest BCUT2D eigenvalue weighted by molar-refractivity contribution is -0.383. The van der Waals surface area contributed by atoms with E-state index in [1.165, 1.54) is 0 Å². The van der Waals surface area contributed by atoms with Gasteiger partial charge in [0.2, 0.25) is 11.6 Å². The van der Waals surface area contributed by atoms with E-state index < -0.39 is 4.92 Å². The predicted octanol–water partition coefficient (Wildman–Crippen LogP) is 2.74. The molecule has 2 aromatic heterocycles. The largest absolute Gasteiger partial charge is 0.353 e. The summed E-state index contributed by atoms with van der Waals surface area (Å²) >= 11 is 0. The molecule has 0 radical (unpaired) electrons. The molecule has 30 heavy (non-hydrogen) atoms. The molecular weight excluding hydrogens is 384 g/mol. The number of anilines is 3. The third-order valence-electron chi connectivity index (χ3n) is 4.66. The zero-order chi connectivity index (χ0) is 20.9. The Kier molecular flexibility index (Phi) is 5.66. The molecule has 1 fully saturated rings. The number of aromatic nitrogens is 4. The third kappa shape index (κ3) is 4.44. The average Bonchev–Trinajstić information content (AvgIpc) is 3.17. The fraction of sp³-hybridized carbons (Fsp3) is 0.250. The van der Waals surface area contributed by atoms with E-state index in [-0.39, 0.29) is 11.5 Å². The quantitative estimate of drug-likeness (QED) is 0.421. The van der Waals surface area contributed by atoms with Gasteiger partial charge < -0.3 is 15.5 Å². The Balaban J connectivity index is 1.78. The number of H-pyrrole nitrogens is 1. The van der Waals surface area contributed by atoms with Gasteiger partial charge in [0.15, 0.2) is 11.6 Å². The first-order valence-electron chi connectivity index (χ1n) is 9.64. The Hall–Kier alpha value is -3.79. The highest BCUT2D eigenvalue weighted by Crippen LogP contribution is 2.34. The van der Waals surface area contributed by atoms with Crippen LogP contribution in [0.3, 0.4) is 0 Å². The second kappa shape index (κ2) is 8.70. The maximum absolute atomic E-state index is 12.0. The molecule has 0 unspecified atom stereocenters. The van der Waals surface area contributed by atoms with Crippen LogP contribution in [0.4, 0.5) is 23.1 Å². The maximum Gasteiger partial charge on any atom is 0.353 e. The summed E-state index contributed by atoms with van der Waals surface area (Å²) in [5, 5.41) is 25.1. The van der Waals surface area contributed by atoms with Crippen molar-refractivity contribution in [3.05, 3.63) is 63.6 Å². The Labute approximate surface area is 173 Å². The smallest absolute Gasteiger partial charge is 0.348 e. The molecular formula is C20H22N8O2.